The van der Waals surface area contributed by atoms with Gasteiger partial charge in [0.15, 0.2) is 0 Å². The molecule has 0 aromatic carbocycles. The highest BCUT2D eigenvalue weighted by Gasteiger charge is 2.31. The fourth-order valence-corrected chi connectivity index (χ4v) is 4.02. The van der Waals surface area contributed by atoms with E-state index in [2.05, 4.69) is 16.8 Å². The van der Waals surface area contributed by atoms with Gasteiger partial charge in [-0.05, 0) is 38.5 Å². The molecule has 1 aliphatic rings. The molecule has 0 aliphatic carbocycles. The number of aromatic nitrogens is 1. The molecule has 0 atom stereocenters. The van der Waals surface area contributed by atoms with Gasteiger partial charge in [-0.3, -0.25) is 0 Å². The number of hydrogen-bond donors (Lipinski definition) is 2. The van der Waals surface area contributed by atoms with Crippen LogP contribution < -0.4 is 0 Å². The number of nitrogens with zero attached hydrogens (tertiary/aromatic N) is 2. The largest absolute Gasteiger partial charge is 0.477 e. The molecule has 1 aromatic heterocycles. The highest BCUT2D eigenvalue weighted by molar-refractivity contribution is 7.89. The molecule has 2 heterocycles. The Morgan fingerprint density at radius 3 is 2.57 bits per heavy atom. The number of carbonyl (C=O) groups is 1. The zero-order valence-electron chi connectivity index (χ0n) is 12.2. The molecule has 7 nitrogen and oxygen atoms in total. The highest BCUT2D eigenvalue weighted by Crippen LogP contribution is 2.23. The number of likely N-dealkylation sites (tertiary alicyclic amines) is 1. The first-order chi connectivity index (χ1) is 9.86. The van der Waals surface area contributed by atoms with Crippen molar-refractivity contribution in [3.63, 3.8) is 0 Å². The zero-order chi connectivity index (χ0) is 15.6. The number of aromatic amines is 1. The van der Waals surface area contributed by atoms with Gasteiger partial charge in [0.1, 0.15) is 10.6 Å². The summed E-state index contributed by atoms with van der Waals surface area (Å²) in [4.78, 5) is 15.6. The molecule has 1 saturated heterocycles. The minimum Gasteiger partial charge on any atom is -0.477 e. The number of carboxylic acids is 1. The van der Waals surface area contributed by atoms with Crippen LogP contribution in [-0.2, 0) is 10.0 Å². The Labute approximate surface area is 124 Å². The van der Waals surface area contributed by atoms with E-state index >= 15 is 0 Å². The third-order valence-corrected chi connectivity index (χ3v) is 5.97. The Balaban J connectivity index is 2.13. The standard InChI is InChI=1S/C13H21N3O4S/c1-3-16-6-4-10(5-7-16)15(2)21(19,20)11-8-12(13(17)18)14-9-11/h8-10,14H,3-7H2,1-2H3,(H,17,18). The van der Waals surface area contributed by atoms with Crippen LogP contribution >= 0.6 is 0 Å². The van der Waals surface area contributed by atoms with E-state index in [1.165, 1.54) is 10.5 Å². The van der Waals surface area contributed by atoms with Crippen LogP contribution in [0.4, 0.5) is 0 Å². The van der Waals surface area contributed by atoms with Gasteiger partial charge in [0.2, 0.25) is 10.0 Å². The summed E-state index contributed by atoms with van der Waals surface area (Å²) in [6.07, 6.45) is 2.82. The van der Waals surface area contributed by atoms with Crippen molar-refractivity contribution in [2.75, 3.05) is 26.7 Å². The predicted octanol–water partition coefficient (Wildman–Crippen LogP) is 0.818. The summed E-state index contributed by atoms with van der Waals surface area (Å²) in [7, 11) is -2.09. The number of piperidine rings is 1. The van der Waals surface area contributed by atoms with E-state index < -0.39 is 16.0 Å². The maximum Gasteiger partial charge on any atom is 0.352 e. The number of rotatable bonds is 5. The second-order valence-electron chi connectivity index (χ2n) is 5.24. The molecule has 1 aromatic rings. The van der Waals surface area contributed by atoms with E-state index in [0.29, 0.717) is 0 Å². The van der Waals surface area contributed by atoms with Crippen molar-refractivity contribution in [3.8, 4) is 0 Å². The average molecular weight is 315 g/mol. The van der Waals surface area contributed by atoms with Crippen molar-refractivity contribution < 1.29 is 18.3 Å². The Bertz CT molecular complexity index is 603. The number of carboxylic acid groups (broad SMARTS) is 1. The fourth-order valence-electron chi connectivity index (χ4n) is 2.61. The molecule has 2 N–H and O–H groups in total. The monoisotopic (exact) mass is 315 g/mol. The molecule has 1 aliphatic heterocycles. The lowest BCUT2D eigenvalue weighted by Gasteiger charge is -2.35. The molecule has 1 fully saturated rings. The van der Waals surface area contributed by atoms with Crippen LogP contribution in [0.15, 0.2) is 17.2 Å². The van der Waals surface area contributed by atoms with Crippen molar-refractivity contribution in [1.82, 2.24) is 14.2 Å². The lowest BCUT2D eigenvalue weighted by atomic mass is 10.1. The minimum absolute atomic E-state index is 0.000297. The van der Waals surface area contributed by atoms with Gasteiger partial charge in [0.05, 0.1) is 0 Å². The minimum atomic E-state index is -3.66. The SMILES string of the molecule is CCN1CCC(N(C)S(=O)(=O)c2c[nH]c(C(=O)O)c2)CC1. The number of H-pyrrole nitrogens is 1. The molecule has 8 heteroatoms. The molecule has 0 unspecified atom stereocenters. The Morgan fingerprint density at radius 1 is 1.48 bits per heavy atom. The maximum atomic E-state index is 12.5. The Morgan fingerprint density at radius 2 is 2.10 bits per heavy atom. The van der Waals surface area contributed by atoms with Crippen molar-refractivity contribution >= 4 is 16.0 Å². The molecule has 0 bridgehead atoms. The quantitative estimate of drug-likeness (QED) is 0.839. The van der Waals surface area contributed by atoms with Gasteiger partial charge >= 0.3 is 5.97 Å². The van der Waals surface area contributed by atoms with Crippen LogP contribution in [-0.4, -0.2) is 66.4 Å². The Kier molecular flexibility index (Phi) is 4.70. The molecule has 0 amide bonds. The van der Waals surface area contributed by atoms with Crippen LogP contribution in [0.25, 0.3) is 0 Å². The predicted molar refractivity (Wildman–Crippen MR) is 77.8 cm³/mol. The first kappa shape index (κ1) is 16.0. The lowest BCUT2D eigenvalue weighted by Crippen LogP contribution is -2.45. The normalized spacial score (nSPS) is 18.2. The molecule has 0 radical (unpaired) electrons. The molecule has 118 valence electrons. The summed E-state index contributed by atoms with van der Waals surface area (Å²) in [5.74, 6) is -1.17. The maximum absolute atomic E-state index is 12.5. The molecule has 0 saturated carbocycles. The van der Waals surface area contributed by atoms with Crippen LogP contribution in [0, 0.1) is 0 Å². The van der Waals surface area contributed by atoms with Crippen molar-refractivity contribution in [2.24, 2.45) is 0 Å². The smallest absolute Gasteiger partial charge is 0.352 e. The first-order valence-electron chi connectivity index (χ1n) is 6.98. The third-order valence-electron chi connectivity index (χ3n) is 4.08. The van der Waals surface area contributed by atoms with Crippen LogP contribution in [0.5, 0.6) is 0 Å². The molecule has 0 spiro atoms. The third kappa shape index (κ3) is 3.28. The zero-order valence-corrected chi connectivity index (χ0v) is 13.1. The second kappa shape index (κ2) is 6.17. The van der Waals surface area contributed by atoms with Gasteiger partial charge in [-0.15, -0.1) is 0 Å². The molecule has 2 rings (SSSR count). The average Bonchev–Trinajstić information content (AvgIpc) is 2.97. The number of nitrogens with one attached hydrogen (secondary N) is 1. The summed E-state index contributed by atoms with van der Waals surface area (Å²) in [6, 6.07) is 1.12. The van der Waals surface area contributed by atoms with Gasteiger partial charge in [-0.2, -0.15) is 4.31 Å². The van der Waals surface area contributed by atoms with E-state index in [1.54, 1.807) is 7.05 Å². The molecular formula is C13H21N3O4S. The van der Waals surface area contributed by atoms with Gasteiger partial charge < -0.3 is 15.0 Å². The summed E-state index contributed by atoms with van der Waals surface area (Å²) >= 11 is 0. The number of aromatic carboxylic acids is 1. The molecule has 21 heavy (non-hydrogen) atoms. The van der Waals surface area contributed by atoms with E-state index in [-0.39, 0.29) is 16.6 Å². The highest BCUT2D eigenvalue weighted by atomic mass is 32.2. The van der Waals surface area contributed by atoms with Gasteiger partial charge in [0, 0.05) is 19.3 Å². The Hall–Kier alpha value is -1.38. The van der Waals surface area contributed by atoms with Crippen LogP contribution in [0.1, 0.15) is 30.3 Å². The van der Waals surface area contributed by atoms with Crippen molar-refractivity contribution in [1.29, 1.82) is 0 Å². The van der Waals surface area contributed by atoms with E-state index in [1.807, 2.05) is 0 Å². The van der Waals surface area contributed by atoms with Crippen LogP contribution in [0.3, 0.4) is 0 Å². The van der Waals surface area contributed by atoms with Gasteiger partial charge in [-0.1, -0.05) is 6.92 Å². The lowest BCUT2D eigenvalue weighted by molar-refractivity contribution is 0.0691. The van der Waals surface area contributed by atoms with E-state index in [9.17, 15) is 13.2 Å². The summed E-state index contributed by atoms with van der Waals surface area (Å²) in [5.41, 5.74) is -0.122. The summed E-state index contributed by atoms with van der Waals surface area (Å²) < 4.78 is 26.4. The first-order valence-corrected chi connectivity index (χ1v) is 8.42. The van der Waals surface area contributed by atoms with Crippen molar-refractivity contribution in [3.05, 3.63) is 18.0 Å². The van der Waals surface area contributed by atoms with Crippen molar-refractivity contribution in [2.45, 2.75) is 30.7 Å². The van der Waals surface area contributed by atoms with Crippen LogP contribution in [0.2, 0.25) is 0 Å². The number of sulfonamides is 1. The van der Waals surface area contributed by atoms with E-state index in [0.717, 1.165) is 38.5 Å². The molecular weight excluding hydrogens is 294 g/mol. The summed E-state index contributed by atoms with van der Waals surface area (Å²) in [6.45, 7) is 4.83. The topological polar surface area (TPSA) is 93.7 Å². The van der Waals surface area contributed by atoms with E-state index in [4.69, 9.17) is 5.11 Å². The van der Waals surface area contributed by atoms with Gasteiger partial charge in [0.25, 0.3) is 0 Å². The summed E-state index contributed by atoms with van der Waals surface area (Å²) in [5, 5.41) is 8.86. The van der Waals surface area contributed by atoms with Gasteiger partial charge in [-0.25, -0.2) is 13.2 Å². The fraction of sp³-hybridized carbons (Fsp3) is 0.615. The second-order valence-corrected chi connectivity index (χ2v) is 7.24. The number of hydrogen-bond acceptors (Lipinski definition) is 4.